The number of carboxylic acid groups (broad SMARTS) is 1. The summed E-state index contributed by atoms with van der Waals surface area (Å²) < 4.78 is 5.30. The quantitative estimate of drug-likeness (QED) is 0.823. The highest BCUT2D eigenvalue weighted by atomic mass is 16.5. The number of urea groups is 1. The number of aliphatic carboxylic acids is 1. The molecule has 0 radical (unpaired) electrons. The van der Waals surface area contributed by atoms with Crippen molar-refractivity contribution in [3.63, 3.8) is 0 Å². The van der Waals surface area contributed by atoms with E-state index < -0.39 is 5.97 Å². The van der Waals surface area contributed by atoms with Crippen molar-refractivity contribution in [1.29, 1.82) is 0 Å². The van der Waals surface area contributed by atoms with Crippen molar-refractivity contribution < 1.29 is 19.4 Å². The Balaban J connectivity index is 1.70. The fourth-order valence-corrected chi connectivity index (χ4v) is 2.74. The molecule has 0 aliphatic carbocycles. The molecule has 0 aromatic rings. The zero-order valence-corrected chi connectivity index (χ0v) is 11.4. The molecule has 0 atom stereocenters. The largest absolute Gasteiger partial charge is 0.481 e. The topological polar surface area (TPSA) is 70.1 Å². The van der Waals surface area contributed by atoms with Crippen molar-refractivity contribution in [3.8, 4) is 0 Å². The summed E-state index contributed by atoms with van der Waals surface area (Å²) in [6, 6.07) is 0.0214. The van der Waals surface area contributed by atoms with Crippen LogP contribution < -0.4 is 0 Å². The van der Waals surface area contributed by atoms with E-state index in [2.05, 4.69) is 0 Å². The molecule has 108 valence electrons. The molecule has 0 spiro atoms. The van der Waals surface area contributed by atoms with Crippen LogP contribution >= 0.6 is 0 Å². The van der Waals surface area contributed by atoms with Crippen molar-refractivity contribution in [2.75, 3.05) is 39.9 Å². The second-order valence-corrected chi connectivity index (χ2v) is 5.59. The van der Waals surface area contributed by atoms with Gasteiger partial charge >= 0.3 is 12.0 Å². The number of rotatable bonds is 4. The maximum Gasteiger partial charge on any atom is 0.319 e. The number of carbonyl (C=O) groups excluding carboxylic acids is 1. The molecular weight excluding hydrogens is 248 g/mol. The van der Waals surface area contributed by atoms with Crippen LogP contribution in [0.4, 0.5) is 4.79 Å². The molecule has 2 rings (SSSR count). The second-order valence-electron chi connectivity index (χ2n) is 5.59. The van der Waals surface area contributed by atoms with E-state index in [1.807, 2.05) is 7.05 Å². The molecule has 2 fully saturated rings. The van der Waals surface area contributed by atoms with Gasteiger partial charge in [0.2, 0.25) is 0 Å². The lowest BCUT2D eigenvalue weighted by Crippen LogP contribution is -2.55. The van der Waals surface area contributed by atoms with Crippen LogP contribution in [0.5, 0.6) is 0 Å². The third kappa shape index (κ3) is 3.83. The van der Waals surface area contributed by atoms with Gasteiger partial charge in [-0.15, -0.1) is 0 Å². The summed E-state index contributed by atoms with van der Waals surface area (Å²) in [4.78, 5) is 26.1. The Labute approximate surface area is 113 Å². The van der Waals surface area contributed by atoms with Crippen molar-refractivity contribution in [2.24, 2.45) is 11.8 Å². The van der Waals surface area contributed by atoms with E-state index in [9.17, 15) is 9.59 Å². The molecule has 2 heterocycles. The van der Waals surface area contributed by atoms with Crippen molar-refractivity contribution in [2.45, 2.75) is 19.3 Å². The summed E-state index contributed by atoms with van der Waals surface area (Å²) in [5.41, 5.74) is 0. The van der Waals surface area contributed by atoms with Crippen molar-refractivity contribution in [3.05, 3.63) is 0 Å². The van der Waals surface area contributed by atoms with Crippen LogP contribution in [0.2, 0.25) is 0 Å². The predicted molar refractivity (Wildman–Crippen MR) is 68.9 cm³/mol. The van der Waals surface area contributed by atoms with E-state index in [0.717, 1.165) is 32.6 Å². The normalized spacial score (nSPS) is 21.0. The van der Waals surface area contributed by atoms with Crippen LogP contribution in [-0.2, 0) is 9.53 Å². The van der Waals surface area contributed by atoms with Gasteiger partial charge in [-0.3, -0.25) is 4.79 Å². The van der Waals surface area contributed by atoms with E-state index >= 15 is 0 Å². The molecule has 0 unspecified atom stereocenters. The standard InChI is InChI=1S/C13H22N2O4/c1-14(7-10-2-4-19-5-3-10)13(18)15-8-11(9-15)6-12(16)17/h10-11H,2-9H2,1H3,(H,16,17). The zero-order valence-electron chi connectivity index (χ0n) is 11.4. The first kappa shape index (κ1) is 14.1. The molecule has 1 N–H and O–H groups in total. The molecule has 2 amide bonds. The Hall–Kier alpha value is -1.30. The Bertz CT molecular complexity index is 336. The van der Waals surface area contributed by atoms with E-state index in [1.54, 1.807) is 9.80 Å². The third-order valence-corrected chi connectivity index (χ3v) is 3.89. The Morgan fingerprint density at radius 2 is 1.89 bits per heavy atom. The van der Waals surface area contributed by atoms with Gasteiger partial charge in [0.25, 0.3) is 0 Å². The van der Waals surface area contributed by atoms with Gasteiger partial charge in [-0.1, -0.05) is 0 Å². The molecular formula is C13H22N2O4. The summed E-state index contributed by atoms with van der Waals surface area (Å²) >= 11 is 0. The minimum Gasteiger partial charge on any atom is -0.481 e. The Morgan fingerprint density at radius 1 is 1.26 bits per heavy atom. The molecule has 0 aromatic heterocycles. The number of hydrogen-bond acceptors (Lipinski definition) is 3. The molecule has 0 saturated carbocycles. The van der Waals surface area contributed by atoms with Gasteiger partial charge < -0.3 is 19.6 Å². The van der Waals surface area contributed by atoms with Crippen LogP contribution in [0.25, 0.3) is 0 Å². The molecule has 2 aliphatic rings. The minimum atomic E-state index is -0.785. The first-order valence-corrected chi connectivity index (χ1v) is 6.86. The Morgan fingerprint density at radius 3 is 2.47 bits per heavy atom. The number of ether oxygens (including phenoxy) is 1. The van der Waals surface area contributed by atoms with Gasteiger partial charge in [-0.2, -0.15) is 0 Å². The maximum absolute atomic E-state index is 12.1. The van der Waals surface area contributed by atoms with Crippen LogP contribution in [0, 0.1) is 11.8 Å². The highest BCUT2D eigenvalue weighted by Crippen LogP contribution is 2.22. The zero-order chi connectivity index (χ0) is 13.8. The maximum atomic E-state index is 12.1. The van der Waals surface area contributed by atoms with E-state index in [-0.39, 0.29) is 18.4 Å². The number of nitrogens with zero attached hydrogens (tertiary/aromatic N) is 2. The first-order chi connectivity index (χ1) is 9.06. The van der Waals surface area contributed by atoms with Gasteiger partial charge in [0.05, 0.1) is 6.42 Å². The van der Waals surface area contributed by atoms with Crippen LogP contribution in [-0.4, -0.2) is 66.8 Å². The van der Waals surface area contributed by atoms with Gasteiger partial charge in [-0.05, 0) is 18.8 Å². The highest BCUT2D eigenvalue weighted by molar-refractivity contribution is 5.75. The number of carbonyl (C=O) groups is 2. The average molecular weight is 270 g/mol. The van der Waals surface area contributed by atoms with Crippen LogP contribution in [0.3, 0.4) is 0 Å². The smallest absolute Gasteiger partial charge is 0.319 e. The number of likely N-dealkylation sites (tertiary alicyclic amines) is 1. The summed E-state index contributed by atoms with van der Waals surface area (Å²) in [6.07, 6.45) is 2.19. The second kappa shape index (κ2) is 6.23. The molecule has 6 nitrogen and oxygen atoms in total. The number of carboxylic acids is 1. The average Bonchev–Trinajstić information content (AvgIpc) is 2.33. The fraction of sp³-hybridized carbons (Fsp3) is 0.846. The highest BCUT2D eigenvalue weighted by Gasteiger charge is 2.34. The first-order valence-electron chi connectivity index (χ1n) is 6.86. The monoisotopic (exact) mass is 270 g/mol. The SMILES string of the molecule is CN(CC1CCOCC1)C(=O)N1CC(CC(=O)O)C1. The van der Waals surface area contributed by atoms with E-state index in [1.165, 1.54) is 0 Å². The van der Waals surface area contributed by atoms with E-state index in [4.69, 9.17) is 9.84 Å². The molecule has 2 saturated heterocycles. The number of amides is 2. The minimum absolute atomic E-state index is 0.0214. The number of hydrogen-bond donors (Lipinski definition) is 1. The van der Waals surface area contributed by atoms with Crippen LogP contribution in [0.1, 0.15) is 19.3 Å². The summed E-state index contributed by atoms with van der Waals surface area (Å²) in [5, 5.41) is 8.67. The van der Waals surface area contributed by atoms with Gasteiger partial charge in [0.1, 0.15) is 0 Å². The fourth-order valence-electron chi connectivity index (χ4n) is 2.74. The summed E-state index contributed by atoms with van der Waals surface area (Å²) in [7, 11) is 1.82. The van der Waals surface area contributed by atoms with Crippen LogP contribution in [0.15, 0.2) is 0 Å². The van der Waals surface area contributed by atoms with Crippen molar-refractivity contribution >= 4 is 12.0 Å². The summed E-state index contributed by atoms with van der Waals surface area (Å²) in [6.45, 7) is 3.49. The lowest BCUT2D eigenvalue weighted by atomic mass is 9.96. The Kier molecular flexibility index (Phi) is 4.63. The molecule has 0 bridgehead atoms. The van der Waals surface area contributed by atoms with Gasteiger partial charge in [0.15, 0.2) is 0 Å². The lowest BCUT2D eigenvalue weighted by Gasteiger charge is -2.41. The predicted octanol–water partition coefficient (Wildman–Crippen LogP) is 0.871. The lowest BCUT2D eigenvalue weighted by molar-refractivity contribution is -0.139. The van der Waals surface area contributed by atoms with Gasteiger partial charge in [0, 0.05) is 45.8 Å². The van der Waals surface area contributed by atoms with E-state index in [0.29, 0.717) is 19.0 Å². The molecule has 19 heavy (non-hydrogen) atoms. The van der Waals surface area contributed by atoms with Gasteiger partial charge in [-0.25, -0.2) is 4.79 Å². The third-order valence-electron chi connectivity index (χ3n) is 3.89. The van der Waals surface area contributed by atoms with Crippen molar-refractivity contribution in [1.82, 2.24) is 9.80 Å². The summed E-state index contributed by atoms with van der Waals surface area (Å²) in [5.74, 6) is -0.135. The molecule has 6 heteroatoms. The molecule has 2 aliphatic heterocycles. The molecule has 0 aromatic carbocycles.